The van der Waals surface area contributed by atoms with Crippen molar-refractivity contribution < 1.29 is 9.47 Å². The average molecular weight is 513 g/mol. The van der Waals surface area contributed by atoms with Crippen molar-refractivity contribution in [3.63, 3.8) is 0 Å². The standard InChI is InChI=1S/C30H32N4O2S/c1-34(21-23-11-4-2-5-12-23)28-17-16-24-22-37-30(33-24)25-13-10-19-32-29(25)36-27-15-7-6-14-26(27)35-20-9-3-8-18-31-28/h2,4-7,10-15,19,22H,3,8-9,16-18,20-21H2,1H3. The molecule has 2 aromatic heterocycles. The van der Waals surface area contributed by atoms with Gasteiger partial charge < -0.3 is 14.4 Å². The van der Waals surface area contributed by atoms with Gasteiger partial charge in [0.1, 0.15) is 5.01 Å². The minimum Gasteiger partial charge on any atom is -0.490 e. The third-order valence-electron chi connectivity index (χ3n) is 6.27. The number of fused-ring (bicyclic) bond motifs is 5. The molecule has 3 heterocycles. The number of hydrogen-bond acceptors (Lipinski definition) is 7. The van der Waals surface area contributed by atoms with Gasteiger partial charge in [-0.3, -0.25) is 4.99 Å². The van der Waals surface area contributed by atoms with Gasteiger partial charge in [0.05, 0.1) is 23.7 Å². The summed E-state index contributed by atoms with van der Waals surface area (Å²) in [5.74, 6) is 3.04. The van der Waals surface area contributed by atoms with E-state index in [-0.39, 0.29) is 0 Å². The summed E-state index contributed by atoms with van der Waals surface area (Å²) in [5, 5.41) is 3.03. The summed E-state index contributed by atoms with van der Waals surface area (Å²) in [6, 6.07) is 22.2. The van der Waals surface area contributed by atoms with Crippen molar-refractivity contribution >= 4 is 17.2 Å². The van der Waals surface area contributed by atoms with Gasteiger partial charge in [0.2, 0.25) is 5.88 Å². The molecule has 190 valence electrons. The van der Waals surface area contributed by atoms with E-state index in [4.69, 9.17) is 19.5 Å². The predicted molar refractivity (Wildman–Crippen MR) is 150 cm³/mol. The Labute approximate surface area is 222 Å². The van der Waals surface area contributed by atoms with Crippen LogP contribution in [0.25, 0.3) is 10.6 Å². The number of nitrogens with zero attached hydrogens (tertiary/aromatic N) is 4. The molecule has 0 saturated carbocycles. The summed E-state index contributed by atoms with van der Waals surface area (Å²) >= 11 is 1.62. The van der Waals surface area contributed by atoms with Gasteiger partial charge in [-0.2, -0.15) is 0 Å². The van der Waals surface area contributed by atoms with Crippen molar-refractivity contribution in [2.45, 2.75) is 38.6 Å². The van der Waals surface area contributed by atoms with Crippen LogP contribution in [0, 0.1) is 0 Å². The first-order valence-electron chi connectivity index (χ1n) is 12.8. The van der Waals surface area contributed by atoms with Gasteiger partial charge in [-0.05, 0) is 55.5 Å². The fourth-order valence-electron chi connectivity index (χ4n) is 4.30. The van der Waals surface area contributed by atoms with E-state index in [2.05, 4.69) is 52.6 Å². The zero-order valence-electron chi connectivity index (χ0n) is 21.2. The minimum absolute atomic E-state index is 0.533. The molecule has 2 bridgehead atoms. The van der Waals surface area contributed by atoms with Crippen LogP contribution < -0.4 is 9.47 Å². The molecule has 0 fully saturated rings. The number of para-hydroxylation sites is 2. The van der Waals surface area contributed by atoms with Crippen LogP contribution in [0.1, 0.15) is 36.9 Å². The second-order valence-corrected chi connectivity index (χ2v) is 9.96. The molecule has 37 heavy (non-hydrogen) atoms. The molecule has 1 aliphatic heterocycles. The Hall–Kier alpha value is -3.71. The summed E-state index contributed by atoms with van der Waals surface area (Å²) in [4.78, 5) is 16.8. The SMILES string of the molecule is CN(Cc1ccccc1)C1=NCCCCCOc2ccccc2Oc2ncccc2-c2nc(cs2)CC1. The molecule has 0 saturated heterocycles. The fraction of sp³-hybridized carbons (Fsp3) is 0.300. The summed E-state index contributed by atoms with van der Waals surface area (Å²) in [5.41, 5.74) is 3.22. The Balaban J connectivity index is 1.39. The molecule has 0 amide bonds. The Bertz CT molecular complexity index is 1320. The zero-order chi connectivity index (χ0) is 25.3. The molecule has 0 unspecified atom stereocenters. The van der Waals surface area contributed by atoms with Crippen LogP contribution in [0.4, 0.5) is 0 Å². The van der Waals surface area contributed by atoms with Gasteiger partial charge in [0.15, 0.2) is 11.5 Å². The molecule has 6 nitrogen and oxygen atoms in total. The van der Waals surface area contributed by atoms with Crippen LogP contribution >= 0.6 is 11.3 Å². The number of aryl methyl sites for hydroxylation is 1. The third kappa shape index (κ3) is 6.74. The van der Waals surface area contributed by atoms with Crippen molar-refractivity contribution in [3.05, 3.63) is 89.6 Å². The Morgan fingerprint density at radius 2 is 1.73 bits per heavy atom. The van der Waals surface area contributed by atoms with Gasteiger partial charge in [-0.15, -0.1) is 11.3 Å². The number of aliphatic imine (C=N–C) groups is 1. The molecule has 5 rings (SSSR count). The van der Waals surface area contributed by atoms with E-state index in [1.165, 1.54) is 5.56 Å². The lowest BCUT2D eigenvalue weighted by Gasteiger charge is -2.22. The van der Waals surface area contributed by atoms with E-state index < -0.39 is 0 Å². The number of pyridine rings is 1. The molecular weight excluding hydrogens is 480 g/mol. The maximum Gasteiger partial charge on any atom is 0.229 e. The number of aromatic nitrogens is 2. The van der Waals surface area contributed by atoms with E-state index in [1.54, 1.807) is 17.5 Å². The zero-order valence-corrected chi connectivity index (χ0v) is 22.0. The number of amidine groups is 1. The van der Waals surface area contributed by atoms with Crippen molar-refractivity contribution in [2.75, 3.05) is 20.2 Å². The first-order chi connectivity index (χ1) is 18.3. The van der Waals surface area contributed by atoms with E-state index in [0.29, 0.717) is 18.2 Å². The predicted octanol–water partition coefficient (Wildman–Crippen LogP) is 7.02. The monoisotopic (exact) mass is 512 g/mol. The largest absolute Gasteiger partial charge is 0.490 e. The maximum atomic E-state index is 6.26. The van der Waals surface area contributed by atoms with E-state index in [9.17, 15) is 0 Å². The summed E-state index contributed by atoms with van der Waals surface area (Å²) < 4.78 is 12.4. The number of ether oxygens (including phenoxy) is 2. The Kier molecular flexibility index (Phi) is 8.43. The highest BCUT2D eigenvalue weighted by Crippen LogP contribution is 2.37. The topological polar surface area (TPSA) is 59.8 Å². The van der Waals surface area contributed by atoms with Crippen LogP contribution in [0.3, 0.4) is 0 Å². The third-order valence-corrected chi connectivity index (χ3v) is 7.20. The number of thiazole rings is 1. The fourth-order valence-corrected chi connectivity index (χ4v) is 5.17. The summed E-state index contributed by atoms with van der Waals surface area (Å²) in [7, 11) is 2.13. The van der Waals surface area contributed by atoms with Crippen molar-refractivity contribution in [1.82, 2.24) is 14.9 Å². The van der Waals surface area contributed by atoms with Crippen LogP contribution in [-0.4, -0.2) is 40.9 Å². The highest BCUT2D eigenvalue weighted by atomic mass is 32.1. The van der Waals surface area contributed by atoms with Crippen LogP contribution in [0.15, 0.2) is 83.3 Å². The van der Waals surface area contributed by atoms with E-state index in [0.717, 1.165) is 73.0 Å². The average Bonchev–Trinajstić information content (AvgIpc) is 3.40. The molecule has 4 aromatic rings. The van der Waals surface area contributed by atoms with Crippen molar-refractivity contribution in [3.8, 4) is 28.0 Å². The lowest BCUT2D eigenvalue weighted by Crippen LogP contribution is -2.27. The molecule has 7 heteroatoms. The van der Waals surface area contributed by atoms with Crippen LogP contribution in [0.5, 0.6) is 17.4 Å². The number of rotatable bonds is 2. The number of benzene rings is 2. The van der Waals surface area contributed by atoms with E-state index >= 15 is 0 Å². The smallest absolute Gasteiger partial charge is 0.229 e. The van der Waals surface area contributed by atoms with Gasteiger partial charge in [-0.25, -0.2) is 9.97 Å². The minimum atomic E-state index is 0.533. The van der Waals surface area contributed by atoms with Crippen molar-refractivity contribution in [1.29, 1.82) is 0 Å². The highest BCUT2D eigenvalue weighted by molar-refractivity contribution is 7.13. The first-order valence-corrected chi connectivity index (χ1v) is 13.7. The quantitative estimate of drug-likeness (QED) is 0.289. The molecular formula is C30H32N4O2S. The van der Waals surface area contributed by atoms with Gasteiger partial charge in [0, 0.05) is 38.1 Å². The second kappa shape index (κ2) is 12.5. The summed E-state index contributed by atoms with van der Waals surface area (Å²) in [6.45, 7) is 2.29. The van der Waals surface area contributed by atoms with E-state index in [1.807, 2.05) is 36.4 Å². The van der Waals surface area contributed by atoms with Gasteiger partial charge in [0.25, 0.3) is 0 Å². The van der Waals surface area contributed by atoms with Crippen molar-refractivity contribution in [2.24, 2.45) is 4.99 Å². The molecule has 0 radical (unpaired) electrons. The first kappa shape index (κ1) is 25.0. The Morgan fingerprint density at radius 1 is 0.892 bits per heavy atom. The van der Waals surface area contributed by atoms with Crippen LogP contribution in [0.2, 0.25) is 0 Å². The number of hydrogen-bond donors (Lipinski definition) is 0. The molecule has 0 N–H and O–H groups in total. The maximum absolute atomic E-state index is 6.26. The molecule has 0 atom stereocenters. The second-order valence-electron chi connectivity index (χ2n) is 9.10. The van der Waals surface area contributed by atoms with Gasteiger partial charge >= 0.3 is 0 Å². The molecule has 0 aliphatic carbocycles. The molecule has 1 aliphatic rings. The lowest BCUT2D eigenvalue weighted by molar-refractivity contribution is 0.291. The van der Waals surface area contributed by atoms with Gasteiger partial charge in [-0.1, -0.05) is 42.5 Å². The highest BCUT2D eigenvalue weighted by Gasteiger charge is 2.16. The summed E-state index contributed by atoms with van der Waals surface area (Å²) in [6.07, 6.45) is 6.48. The van der Waals surface area contributed by atoms with Crippen LogP contribution in [-0.2, 0) is 13.0 Å². The Morgan fingerprint density at radius 3 is 2.62 bits per heavy atom. The lowest BCUT2D eigenvalue weighted by atomic mass is 10.2. The molecule has 2 aromatic carbocycles. The normalized spacial score (nSPS) is 14.6. The molecule has 0 spiro atoms.